The van der Waals surface area contributed by atoms with Gasteiger partial charge in [-0.1, -0.05) is 30.3 Å². The Hall–Kier alpha value is -3.35. The van der Waals surface area contributed by atoms with E-state index >= 15 is 0 Å². The third kappa shape index (κ3) is 8.07. The molecule has 3 amide bonds. The van der Waals surface area contributed by atoms with Crippen molar-refractivity contribution in [2.75, 3.05) is 32.3 Å². The lowest BCUT2D eigenvalue weighted by atomic mass is 9.94. The number of carbonyl (C=O) groups excluding carboxylic acids is 4. The number of benzene rings is 1. The van der Waals surface area contributed by atoms with Crippen LogP contribution < -0.4 is 16.0 Å². The fourth-order valence-electron chi connectivity index (χ4n) is 3.57. The summed E-state index contributed by atoms with van der Waals surface area (Å²) in [6, 6.07) is 6.44. The second-order valence-electron chi connectivity index (χ2n) is 8.72. The fourth-order valence-corrected chi connectivity index (χ4v) is 4.14. The van der Waals surface area contributed by atoms with Gasteiger partial charge in [0.25, 0.3) is 5.91 Å². The van der Waals surface area contributed by atoms with E-state index in [0.717, 1.165) is 5.56 Å². The number of ketones is 1. The minimum Gasteiger partial charge on any atom is -0.382 e. The SMILES string of the molecule is COC[C@H](NC(=O)c1cnccn1)C(=O)N[C@@H](CSC)C(=O)N[C@@H](Cc1ccccc1)C(=O)[C@@]1(C)CO1. The van der Waals surface area contributed by atoms with E-state index in [1.807, 2.05) is 30.3 Å². The first-order valence-corrected chi connectivity index (χ1v) is 13.0. The van der Waals surface area contributed by atoms with Crippen LogP contribution in [-0.4, -0.2) is 89.5 Å². The second kappa shape index (κ2) is 13.3. The predicted molar refractivity (Wildman–Crippen MR) is 137 cm³/mol. The van der Waals surface area contributed by atoms with Crippen molar-refractivity contribution in [1.82, 2.24) is 25.9 Å². The van der Waals surface area contributed by atoms with Crippen LogP contribution in [0.1, 0.15) is 23.0 Å². The number of aromatic nitrogens is 2. The molecule has 0 unspecified atom stereocenters. The Balaban J connectivity index is 1.70. The highest BCUT2D eigenvalue weighted by Crippen LogP contribution is 2.29. The molecular formula is C25H31N5O6S. The van der Waals surface area contributed by atoms with Crippen LogP contribution >= 0.6 is 11.8 Å². The summed E-state index contributed by atoms with van der Waals surface area (Å²) in [6.07, 6.45) is 6.13. The number of nitrogens with one attached hydrogen (secondary N) is 3. The van der Waals surface area contributed by atoms with Crippen LogP contribution in [0.3, 0.4) is 0 Å². The summed E-state index contributed by atoms with van der Waals surface area (Å²) in [5.74, 6) is -1.72. The van der Waals surface area contributed by atoms with Gasteiger partial charge in [0.1, 0.15) is 23.4 Å². The van der Waals surface area contributed by atoms with Crippen LogP contribution in [0, 0.1) is 0 Å². The largest absolute Gasteiger partial charge is 0.382 e. The van der Waals surface area contributed by atoms with Gasteiger partial charge in [-0.3, -0.25) is 24.2 Å². The van der Waals surface area contributed by atoms with Gasteiger partial charge in [0.05, 0.1) is 25.5 Å². The summed E-state index contributed by atoms with van der Waals surface area (Å²) < 4.78 is 10.4. The summed E-state index contributed by atoms with van der Waals surface area (Å²) in [5, 5.41) is 8.04. The number of ether oxygens (including phenoxy) is 2. The van der Waals surface area contributed by atoms with E-state index in [2.05, 4.69) is 25.9 Å². The average molecular weight is 530 g/mol. The van der Waals surface area contributed by atoms with Gasteiger partial charge in [-0.2, -0.15) is 11.8 Å². The van der Waals surface area contributed by atoms with Crippen LogP contribution in [0.4, 0.5) is 0 Å². The quantitative estimate of drug-likeness (QED) is 0.291. The van der Waals surface area contributed by atoms with Gasteiger partial charge in [-0.25, -0.2) is 4.98 Å². The molecule has 2 aromatic rings. The molecule has 1 aliphatic heterocycles. The molecule has 2 heterocycles. The molecule has 3 rings (SSSR count). The molecule has 198 valence electrons. The molecule has 0 saturated carbocycles. The molecule has 1 fully saturated rings. The van der Waals surface area contributed by atoms with E-state index in [0.29, 0.717) is 6.61 Å². The van der Waals surface area contributed by atoms with Crippen molar-refractivity contribution in [2.45, 2.75) is 37.1 Å². The second-order valence-corrected chi connectivity index (χ2v) is 9.63. The van der Waals surface area contributed by atoms with Crippen molar-refractivity contribution < 1.29 is 28.7 Å². The normalized spacial score (nSPS) is 18.7. The highest BCUT2D eigenvalue weighted by molar-refractivity contribution is 7.98. The van der Waals surface area contributed by atoms with Crippen LogP contribution in [0.2, 0.25) is 0 Å². The zero-order valence-corrected chi connectivity index (χ0v) is 21.7. The molecule has 0 spiro atoms. The van der Waals surface area contributed by atoms with Gasteiger partial charge in [-0.15, -0.1) is 0 Å². The summed E-state index contributed by atoms with van der Waals surface area (Å²) in [6.45, 7) is 1.86. The van der Waals surface area contributed by atoms with Crippen LogP contribution in [0.5, 0.6) is 0 Å². The van der Waals surface area contributed by atoms with E-state index in [1.165, 1.54) is 37.5 Å². The maximum atomic E-state index is 13.3. The molecule has 3 N–H and O–H groups in total. The van der Waals surface area contributed by atoms with E-state index < -0.39 is 41.4 Å². The Labute approximate surface area is 219 Å². The molecule has 0 bridgehead atoms. The van der Waals surface area contributed by atoms with E-state index in [1.54, 1.807) is 13.2 Å². The molecule has 11 nitrogen and oxygen atoms in total. The summed E-state index contributed by atoms with van der Waals surface area (Å²) in [4.78, 5) is 59.7. The Kier molecular flexibility index (Phi) is 10.1. The van der Waals surface area contributed by atoms with Crippen molar-refractivity contribution >= 4 is 35.3 Å². The molecule has 1 saturated heterocycles. The molecule has 4 atom stereocenters. The standard InChI is InChI=1S/C25H31N5O6S/c1-25(15-36-25)21(31)17(11-16-7-5-4-6-8-16)28-24(34)20(14-37-3)30-23(33)19(13-35-2)29-22(32)18-12-26-9-10-27-18/h4-10,12,17,19-20H,11,13-15H2,1-3H3,(H,28,34)(H,29,32)(H,30,33)/t17-,19-,20-,25+/m0/s1. The summed E-state index contributed by atoms with van der Waals surface area (Å²) in [5.41, 5.74) is -0.0188. The summed E-state index contributed by atoms with van der Waals surface area (Å²) >= 11 is 1.35. The minimum atomic E-state index is -1.09. The number of amides is 3. The van der Waals surface area contributed by atoms with E-state index in [9.17, 15) is 19.2 Å². The predicted octanol–water partition coefficient (Wildman–Crippen LogP) is 0.155. The fraction of sp³-hybridized carbons (Fsp3) is 0.440. The monoisotopic (exact) mass is 529 g/mol. The van der Waals surface area contributed by atoms with Gasteiger partial charge in [-0.05, 0) is 25.2 Å². The molecule has 1 aliphatic rings. The number of hydrogen-bond acceptors (Lipinski definition) is 9. The Morgan fingerprint density at radius 1 is 1.05 bits per heavy atom. The molecule has 0 radical (unpaired) electrons. The Bertz CT molecular complexity index is 1080. The smallest absolute Gasteiger partial charge is 0.272 e. The topological polar surface area (TPSA) is 152 Å². The minimum absolute atomic E-state index is 0.0351. The van der Waals surface area contributed by atoms with Crippen molar-refractivity contribution in [1.29, 1.82) is 0 Å². The highest BCUT2D eigenvalue weighted by atomic mass is 32.2. The van der Waals surface area contributed by atoms with Crippen molar-refractivity contribution in [3.05, 3.63) is 60.2 Å². The number of carbonyl (C=O) groups is 4. The lowest BCUT2D eigenvalue weighted by Crippen LogP contribution is -2.58. The van der Waals surface area contributed by atoms with Crippen molar-refractivity contribution in [3.8, 4) is 0 Å². The van der Waals surface area contributed by atoms with Gasteiger partial charge >= 0.3 is 0 Å². The number of thioether (sulfide) groups is 1. The number of Topliss-reactive ketones (excluding diaryl/α,β-unsaturated/α-hetero) is 1. The highest BCUT2D eigenvalue weighted by Gasteiger charge is 2.50. The first-order chi connectivity index (χ1) is 17.8. The van der Waals surface area contributed by atoms with Crippen molar-refractivity contribution in [3.63, 3.8) is 0 Å². The molecule has 37 heavy (non-hydrogen) atoms. The summed E-state index contributed by atoms with van der Waals surface area (Å²) in [7, 11) is 1.39. The molecular weight excluding hydrogens is 498 g/mol. The Morgan fingerprint density at radius 2 is 1.73 bits per heavy atom. The third-order valence-electron chi connectivity index (χ3n) is 5.73. The van der Waals surface area contributed by atoms with Crippen LogP contribution in [0.15, 0.2) is 48.9 Å². The van der Waals surface area contributed by atoms with Gasteiger partial charge in [0, 0.05) is 25.3 Å². The van der Waals surface area contributed by atoms with Gasteiger partial charge < -0.3 is 25.4 Å². The van der Waals surface area contributed by atoms with E-state index in [-0.39, 0.29) is 30.3 Å². The zero-order valence-electron chi connectivity index (χ0n) is 20.9. The molecule has 12 heteroatoms. The van der Waals surface area contributed by atoms with Crippen molar-refractivity contribution in [2.24, 2.45) is 0 Å². The molecule has 1 aromatic heterocycles. The van der Waals surface area contributed by atoms with Crippen LogP contribution in [0.25, 0.3) is 0 Å². The first kappa shape index (κ1) is 28.2. The number of hydrogen-bond donors (Lipinski definition) is 3. The third-order valence-corrected chi connectivity index (χ3v) is 6.40. The molecule has 0 aliphatic carbocycles. The number of rotatable bonds is 14. The van der Waals surface area contributed by atoms with Gasteiger partial charge in [0.2, 0.25) is 11.8 Å². The number of nitrogens with zero attached hydrogens (tertiary/aromatic N) is 2. The Morgan fingerprint density at radius 3 is 2.32 bits per heavy atom. The number of epoxide rings is 1. The molecule has 1 aromatic carbocycles. The first-order valence-electron chi connectivity index (χ1n) is 11.6. The lowest BCUT2D eigenvalue weighted by molar-refractivity contribution is -0.133. The maximum absolute atomic E-state index is 13.3. The van der Waals surface area contributed by atoms with Crippen LogP contribution in [-0.2, 0) is 30.3 Å². The zero-order chi connectivity index (χ0) is 26.8. The lowest BCUT2D eigenvalue weighted by Gasteiger charge is -2.25. The number of methoxy groups -OCH3 is 1. The van der Waals surface area contributed by atoms with Gasteiger partial charge in [0.15, 0.2) is 5.78 Å². The maximum Gasteiger partial charge on any atom is 0.272 e. The average Bonchev–Trinajstić information content (AvgIpc) is 3.66. The van der Waals surface area contributed by atoms with E-state index in [4.69, 9.17) is 9.47 Å².